The number of hydrogen-bond donors (Lipinski definition) is 1. The number of benzene rings is 1. The van der Waals surface area contributed by atoms with Crippen LogP contribution in [0.3, 0.4) is 0 Å². The summed E-state index contributed by atoms with van der Waals surface area (Å²) in [5, 5.41) is 9.64. The largest absolute Gasteiger partial charge is 0.479 e. The lowest BCUT2D eigenvalue weighted by Crippen LogP contribution is -2.50. The molecular formula is C14H17NO3. The Bertz CT molecular complexity index is 472. The molecule has 4 nitrogen and oxygen atoms in total. The Hall–Kier alpha value is -1.84. The number of carboxylic acid groups (broad SMARTS) is 1. The van der Waals surface area contributed by atoms with Crippen LogP contribution in [-0.2, 0) is 21.5 Å². The van der Waals surface area contributed by atoms with Crippen LogP contribution in [0.4, 0.5) is 0 Å². The molecule has 0 aliphatic heterocycles. The lowest BCUT2D eigenvalue weighted by atomic mass is 9.90. The molecule has 0 bridgehead atoms. The number of aryl methyl sites for hydroxylation is 1. The van der Waals surface area contributed by atoms with Crippen LogP contribution < -0.4 is 0 Å². The highest BCUT2D eigenvalue weighted by Gasteiger charge is 2.49. The second-order valence-corrected chi connectivity index (χ2v) is 4.62. The van der Waals surface area contributed by atoms with Gasteiger partial charge in [0.25, 0.3) is 0 Å². The number of aliphatic carboxylic acids is 1. The van der Waals surface area contributed by atoms with Crippen molar-refractivity contribution >= 4 is 12.4 Å². The maximum atomic E-state index is 11.8. The number of amides is 1. The lowest BCUT2D eigenvalue weighted by Gasteiger charge is -2.35. The highest BCUT2D eigenvalue weighted by Crippen LogP contribution is 2.41. The van der Waals surface area contributed by atoms with Crippen molar-refractivity contribution in [2.75, 3.05) is 6.54 Å². The second kappa shape index (κ2) is 4.80. The van der Waals surface area contributed by atoms with Crippen molar-refractivity contribution in [1.82, 2.24) is 4.90 Å². The van der Waals surface area contributed by atoms with Crippen LogP contribution in [0.25, 0.3) is 0 Å². The molecule has 0 aromatic heterocycles. The molecule has 0 saturated heterocycles. The Morgan fingerprint density at radius 1 is 1.50 bits per heavy atom. The molecule has 2 rings (SSSR count). The van der Waals surface area contributed by atoms with Gasteiger partial charge in [0, 0.05) is 6.54 Å². The molecule has 1 N–H and O–H groups in total. The van der Waals surface area contributed by atoms with E-state index in [0.29, 0.717) is 25.8 Å². The van der Waals surface area contributed by atoms with Gasteiger partial charge in [-0.05, 0) is 30.4 Å². The Labute approximate surface area is 106 Å². The Balaban J connectivity index is 2.53. The van der Waals surface area contributed by atoms with E-state index in [-0.39, 0.29) is 0 Å². The molecule has 1 atom stereocenters. The van der Waals surface area contributed by atoms with E-state index in [1.54, 1.807) is 0 Å². The number of hydrogen-bond acceptors (Lipinski definition) is 2. The number of fused-ring (bicyclic) bond motifs is 1. The first-order chi connectivity index (χ1) is 8.66. The lowest BCUT2D eigenvalue weighted by molar-refractivity contribution is -0.156. The van der Waals surface area contributed by atoms with Crippen molar-refractivity contribution in [3.8, 4) is 0 Å². The van der Waals surface area contributed by atoms with Crippen molar-refractivity contribution in [1.29, 1.82) is 0 Å². The monoisotopic (exact) mass is 247 g/mol. The summed E-state index contributed by atoms with van der Waals surface area (Å²) in [5.74, 6) is -0.937. The molecule has 1 unspecified atom stereocenters. The van der Waals surface area contributed by atoms with E-state index in [1.165, 1.54) is 4.90 Å². The van der Waals surface area contributed by atoms with Crippen molar-refractivity contribution < 1.29 is 14.7 Å². The molecule has 1 amide bonds. The van der Waals surface area contributed by atoms with Gasteiger partial charge in [-0.3, -0.25) is 4.79 Å². The van der Waals surface area contributed by atoms with Gasteiger partial charge in [0.05, 0.1) is 0 Å². The number of carbonyl (C=O) groups is 2. The van der Waals surface area contributed by atoms with E-state index >= 15 is 0 Å². The molecule has 18 heavy (non-hydrogen) atoms. The third-order valence-electron chi connectivity index (χ3n) is 3.65. The third-order valence-corrected chi connectivity index (χ3v) is 3.65. The summed E-state index contributed by atoms with van der Waals surface area (Å²) in [4.78, 5) is 24.5. The molecule has 0 radical (unpaired) electrons. The fraction of sp³-hybridized carbons (Fsp3) is 0.429. The summed E-state index contributed by atoms with van der Waals surface area (Å²) in [6.45, 7) is 2.40. The SMILES string of the molecule is CCCN(C=O)C1(C(=O)O)CCc2ccccc21. The molecule has 0 spiro atoms. The Morgan fingerprint density at radius 2 is 2.22 bits per heavy atom. The maximum Gasteiger partial charge on any atom is 0.334 e. The number of rotatable bonds is 5. The van der Waals surface area contributed by atoms with E-state index in [1.807, 2.05) is 31.2 Å². The zero-order valence-corrected chi connectivity index (χ0v) is 10.4. The van der Waals surface area contributed by atoms with Gasteiger partial charge in [0.1, 0.15) is 0 Å². The zero-order valence-electron chi connectivity index (χ0n) is 10.4. The van der Waals surface area contributed by atoms with Crippen molar-refractivity contribution in [2.24, 2.45) is 0 Å². The average molecular weight is 247 g/mol. The Morgan fingerprint density at radius 3 is 2.83 bits per heavy atom. The smallest absolute Gasteiger partial charge is 0.334 e. The fourth-order valence-electron chi connectivity index (χ4n) is 2.81. The van der Waals surface area contributed by atoms with Crippen molar-refractivity contribution in [2.45, 2.75) is 31.7 Å². The van der Waals surface area contributed by atoms with Crippen LogP contribution in [-0.4, -0.2) is 28.9 Å². The molecule has 1 aliphatic carbocycles. The minimum Gasteiger partial charge on any atom is -0.479 e. The van der Waals surface area contributed by atoms with Crippen LogP contribution >= 0.6 is 0 Å². The first-order valence-electron chi connectivity index (χ1n) is 6.20. The summed E-state index contributed by atoms with van der Waals surface area (Å²) >= 11 is 0. The average Bonchev–Trinajstić information content (AvgIpc) is 2.76. The minimum atomic E-state index is -1.17. The predicted octanol–water partition coefficient (Wildman–Crippen LogP) is 1.78. The zero-order chi connectivity index (χ0) is 13.2. The molecule has 0 fully saturated rings. The molecule has 96 valence electrons. The summed E-state index contributed by atoms with van der Waals surface area (Å²) in [6, 6.07) is 7.50. The number of carbonyl (C=O) groups excluding carboxylic acids is 1. The molecule has 1 aliphatic rings. The molecule has 0 heterocycles. The molecule has 1 aromatic rings. The van der Waals surface area contributed by atoms with Crippen molar-refractivity contribution in [3.05, 3.63) is 35.4 Å². The van der Waals surface area contributed by atoms with Gasteiger partial charge in [-0.15, -0.1) is 0 Å². The maximum absolute atomic E-state index is 11.8. The fourth-order valence-corrected chi connectivity index (χ4v) is 2.81. The van der Waals surface area contributed by atoms with Crippen LogP contribution in [0.15, 0.2) is 24.3 Å². The van der Waals surface area contributed by atoms with E-state index in [2.05, 4.69) is 0 Å². The standard InChI is InChI=1S/C14H17NO3/c1-2-9-15(10-16)14(13(17)18)8-7-11-5-3-4-6-12(11)14/h3-6,10H,2,7-9H2,1H3,(H,17,18). The first-order valence-corrected chi connectivity index (χ1v) is 6.20. The van der Waals surface area contributed by atoms with Gasteiger partial charge in [-0.1, -0.05) is 31.2 Å². The van der Waals surface area contributed by atoms with Gasteiger partial charge < -0.3 is 10.0 Å². The summed E-state index contributed by atoms with van der Waals surface area (Å²) in [7, 11) is 0. The quantitative estimate of drug-likeness (QED) is 0.807. The minimum absolute atomic E-state index is 0.459. The normalized spacial score (nSPS) is 21.4. The van der Waals surface area contributed by atoms with Crippen LogP contribution in [0.1, 0.15) is 30.9 Å². The van der Waals surface area contributed by atoms with E-state index < -0.39 is 11.5 Å². The highest BCUT2D eigenvalue weighted by atomic mass is 16.4. The van der Waals surface area contributed by atoms with Gasteiger partial charge in [-0.2, -0.15) is 0 Å². The summed E-state index contributed by atoms with van der Waals surface area (Å²) < 4.78 is 0. The predicted molar refractivity (Wildman–Crippen MR) is 67.1 cm³/mol. The number of carboxylic acids is 1. The van der Waals surface area contributed by atoms with E-state index in [9.17, 15) is 14.7 Å². The van der Waals surface area contributed by atoms with Crippen LogP contribution in [0.2, 0.25) is 0 Å². The van der Waals surface area contributed by atoms with Crippen molar-refractivity contribution in [3.63, 3.8) is 0 Å². The topological polar surface area (TPSA) is 57.6 Å². The van der Waals surface area contributed by atoms with E-state index in [4.69, 9.17) is 0 Å². The van der Waals surface area contributed by atoms with Crippen LogP contribution in [0, 0.1) is 0 Å². The molecular weight excluding hydrogens is 230 g/mol. The second-order valence-electron chi connectivity index (χ2n) is 4.62. The summed E-state index contributed by atoms with van der Waals surface area (Å²) in [6.07, 6.45) is 2.58. The van der Waals surface area contributed by atoms with Gasteiger partial charge in [0.2, 0.25) is 6.41 Å². The molecule has 4 heteroatoms. The summed E-state index contributed by atoms with van der Waals surface area (Å²) in [5.41, 5.74) is 0.620. The van der Waals surface area contributed by atoms with Gasteiger partial charge >= 0.3 is 5.97 Å². The van der Waals surface area contributed by atoms with Crippen LogP contribution in [0.5, 0.6) is 0 Å². The highest BCUT2D eigenvalue weighted by molar-refractivity contribution is 5.85. The number of nitrogens with zero attached hydrogens (tertiary/aromatic N) is 1. The van der Waals surface area contributed by atoms with E-state index in [0.717, 1.165) is 17.5 Å². The van der Waals surface area contributed by atoms with Gasteiger partial charge in [0.15, 0.2) is 5.54 Å². The first kappa shape index (κ1) is 12.6. The Kier molecular flexibility index (Phi) is 3.36. The molecule has 0 saturated carbocycles. The third kappa shape index (κ3) is 1.68. The molecule has 1 aromatic carbocycles. The van der Waals surface area contributed by atoms with Gasteiger partial charge in [-0.25, -0.2) is 4.79 Å².